The van der Waals surface area contributed by atoms with Gasteiger partial charge in [-0.2, -0.15) is 10.5 Å². The maximum absolute atomic E-state index is 13.2. The van der Waals surface area contributed by atoms with Crippen molar-refractivity contribution in [2.75, 3.05) is 13.1 Å². The summed E-state index contributed by atoms with van der Waals surface area (Å²) >= 11 is 0. The van der Waals surface area contributed by atoms with E-state index in [1.165, 1.54) is 24.3 Å². The van der Waals surface area contributed by atoms with Crippen LogP contribution in [0.25, 0.3) is 0 Å². The van der Waals surface area contributed by atoms with Gasteiger partial charge in [-0.3, -0.25) is 4.79 Å². The second kappa shape index (κ2) is 6.60. The minimum atomic E-state index is -1.42. The lowest BCUT2D eigenvalue weighted by Crippen LogP contribution is -2.43. The van der Waals surface area contributed by atoms with Crippen molar-refractivity contribution in [3.8, 4) is 12.1 Å². The van der Waals surface area contributed by atoms with E-state index < -0.39 is 34.3 Å². The average molecular weight is 383 g/mol. The van der Waals surface area contributed by atoms with E-state index in [2.05, 4.69) is 12.1 Å². The molecule has 1 saturated heterocycles. The third kappa shape index (κ3) is 3.01. The van der Waals surface area contributed by atoms with Gasteiger partial charge in [-0.25, -0.2) is 9.18 Å². The summed E-state index contributed by atoms with van der Waals surface area (Å²) < 4.78 is 18.5. The summed E-state index contributed by atoms with van der Waals surface area (Å²) in [4.78, 5) is 26.8. The van der Waals surface area contributed by atoms with Gasteiger partial charge in [-0.15, -0.1) is 0 Å². The Morgan fingerprint density at radius 1 is 1.14 bits per heavy atom. The standard InChI is InChI=1S/C21H22FN3O3/c1-19(2,3)28-18(27)25-10-8-20(9-11-25)17(21(20,12-23)13-24)16(26)14-4-6-15(22)7-5-14/h4-7,17H,8-11H2,1-3H3/t17-/m0/s1. The second-order valence-corrected chi connectivity index (χ2v) is 8.46. The molecule has 1 aliphatic heterocycles. The first-order valence-corrected chi connectivity index (χ1v) is 9.20. The first-order chi connectivity index (χ1) is 13.1. The SMILES string of the molecule is CC(C)(C)OC(=O)N1CCC2(CC1)[C@H](C(=O)c1ccc(F)cc1)C2(C#N)C#N. The van der Waals surface area contributed by atoms with Gasteiger partial charge in [0.1, 0.15) is 11.4 Å². The number of hydrogen-bond donors (Lipinski definition) is 0. The van der Waals surface area contributed by atoms with Crippen molar-refractivity contribution in [2.24, 2.45) is 16.7 Å². The number of rotatable bonds is 2. The maximum Gasteiger partial charge on any atom is 0.410 e. The van der Waals surface area contributed by atoms with E-state index in [1.807, 2.05) is 0 Å². The molecule has 2 aliphatic rings. The molecule has 0 N–H and O–H groups in total. The number of ether oxygens (including phenoxy) is 1. The lowest BCUT2D eigenvalue weighted by atomic mass is 9.84. The molecule has 146 valence electrons. The molecule has 1 aromatic rings. The van der Waals surface area contributed by atoms with Crippen molar-refractivity contribution in [3.63, 3.8) is 0 Å². The molecule has 2 fully saturated rings. The quantitative estimate of drug-likeness (QED) is 0.726. The highest BCUT2D eigenvalue weighted by Crippen LogP contribution is 2.74. The van der Waals surface area contributed by atoms with Gasteiger partial charge < -0.3 is 9.64 Å². The van der Waals surface area contributed by atoms with Crippen LogP contribution < -0.4 is 0 Å². The number of hydrogen-bond acceptors (Lipinski definition) is 5. The van der Waals surface area contributed by atoms with Crippen LogP contribution in [0.2, 0.25) is 0 Å². The minimum Gasteiger partial charge on any atom is -0.444 e. The van der Waals surface area contributed by atoms with Crippen molar-refractivity contribution in [1.29, 1.82) is 10.5 Å². The fourth-order valence-electron chi connectivity index (χ4n) is 4.30. The summed E-state index contributed by atoms with van der Waals surface area (Å²) in [6.07, 6.45) is 0.291. The van der Waals surface area contributed by atoms with Crippen LogP contribution in [-0.4, -0.2) is 35.5 Å². The molecule has 28 heavy (non-hydrogen) atoms. The number of halogens is 1. The third-order valence-electron chi connectivity index (χ3n) is 5.74. The predicted octanol–water partition coefficient (Wildman–Crippen LogP) is 3.69. The van der Waals surface area contributed by atoms with Gasteiger partial charge in [0.25, 0.3) is 0 Å². The van der Waals surface area contributed by atoms with Crippen molar-refractivity contribution >= 4 is 11.9 Å². The molecule has 1 atom stereocenters. The van der Waals surface area contributed by atoms with Crippen LogP contribution in [0.3, 0.4) is 0 Å². The molecule has 0 radical (unpaired) electrons. The first kappa shape index (κ1) is 19.8. The van der Waals surface area contributed by atoms with E-state index in [0.29, 0.717) is 25.9 Å². The van der Waals surface area contributed by atoms with Gasteiger partial charge in [0.15, 0.2) is 11.2 Å². The number of Topliss-reactive ketones (excluding diaryl/α,β-unsaturated/α-hetero) is 1. The monoisotopic (exact) mass is 383 g/mol. The lowest BCUT2D eigenvalue weighted by Gasteiger charge is -2.34. The molecule has 1 spiro atoms. The molecule has 0 unspecified atom stereocenters. The topological polar surface area (TPSA) is 94.2 Å². The number of likely N-dealkylation sites (tertiary alicyclic amines) is 1. The van der Waals surface area contributed by atoms with Gasteiger partial charge in [0, 0.05) is 24.1 Å². The molecule has 0 bridgehead atoms. The molecular weight excluding hydrogens is 361 g/mol. The summed E-state index contributed by atoms with van der Waals surface area (Å²) in [7, 11) is 0. The van der Waals surface area contributed by atoms with Crippen LogP contribution in [0.15, 0.2) is 24.3 Å². The molecule has 3 rings (SSSR count). The highest BCUT2D eigenvalue weighted by molar-refractivity contribution is 6.02. The molecule has 0 aromatic heterocycles. The van der Waals surface area contributed by atoms with Gasteiger partial charge in [-0.1, -0.05) is 0 Å². The molecule has 1 amide bonds. The van der Waals surface area contributed by atoms with E-state index in [9.17, 15) is 24.5 Å². The highest BCUT2D eigenvalue weighted by atomic mass is 19.1. The minimum absolute atomic E-state index is 0.285. The van der Waals surface area contributed by atoms with Gasteiger partial charge >= 0.3 is 6.09 Å². The van der Waals surface area contributed by atoms with E-state index >= 15 is 0 Å². The summed E-state index contributed by atoms with van der Waals surface area (Å²) in [5.41, 5.74) is -2.54. The number of amides is 1. The Kier molecular flexibility index (Phi) is 4.67. The first-order valence-electron chi connectivity index (χ1n) is 9.20. The van der Waals surface area contributed by atoms with E-state index in [0.717, 1.165) is 0 Å². The molecule has 1 aliphatic carbocycles. The number of carbonyl (C=O) groups excluding carboxylic acids is 2. The van der Waals surface area contributed by atoms with E-state index in [1.54, 1.807) is 25.7 Å². The zero-order chi connectivity index (χ0) is 20.7. The second-order valence-electron chi connectivity index (χ2n) is 8.46. The molecule has 1 heterocycles. The average Bonchev–Trinajstić information content (AvgIpc) is 3.21. The molecular formula is C21H22FN3O3. The Hall–Kier alpha value is -2.93. The van der Waals surface area contributed by atoms with Crippen molar-refractivity contribution in [2.45, 2.75) is 39.2 Å². The number of ketones is 1. The van der Waals surface area contributed by atoms with Crippen LogP contribution in [0.1, 0.15) is 44.0 Å². The van der Waals surface area contributed by atoms with Crippen LogP contribution in [0.5, 0.6) is 0 Å². The van der Waals surface area contributed by atoms with Gasteiger partial charge in [0.2, 0.25) is 0 Å². The third-order valence-corrected chi connectivity index (χ3v) is 5.74. The van der Waals surface area contributed by atoms with E-state index in [4.69, 9.17) is 4.74 Å². The van der Waals surface area contributed by atoms with Gasteiger partial charge in [-0.05, 0) is 57.9 Å². The highest BCUT2D eigenvalue weighted by Gasteiger charge is 2.80. The molecule has 1 saturated carbocycles. The maximum atomic E-state index is 13.2. The summed E-state index contributed by atoms with van der Waals surface area (Å²) in [6, 6.07) is 9.26. The van der Waals surface area contributed by atoms with Crippen molar-refractivity contribution < 1.29 is 18.7 Å². The van der Waals surface area contributed by atoms with Crippen molar-refractivity contribution in [3.05, 3.63) is 35.6 Å². The summed E-state index contributed by atoms with van der Waals surface area (Å²) in [5.74, 6) is -1.56. The molecule has 1 aromatic carbocycles. The van der Waals surface area contributed by atoms with Crippen LogP contribution in [0, 0.1) is 45.2 Å². The number of nitriles is 2. The Bertz CT molecular complexity index is 867. The normalized spacial score (nSPS) is 22.1. The lowest BCUT2D eigenvalue weighted by molar-refractivity contribution is 0.0158. The fourth-order valence-corrected chi connectivity index (χ4v) is 4.30. The Balaban J connectivity index is 1.80. The number of benzene rings is 1. The predicted molar refractivity (Wildman–Crippen MR) is 97.4 cm³/mol. The summed E-state index contributed by atoms with van der Waals surface area (Å²) in [5, 5.41) is 19.4. The Morgan fingerprint density at radius 2 is 1.68 bits per heavy atom. The molecule has 6 nitrogen and oxygen atoms in total. The Labute approximate surface area is 163 Å². The van der Waals surface area contributed by atoms with Crippen LogP contribution in [0.4, 0.5) is 9.18 Å². The smallest absolute Gasteiger partial charge is 0.410 e. The fraction of sp³-hybridized carbons (Fsp3) is 0.524. The zero-order valence-electron chi connectivity index (χ0n) is 16.2. The number of carbonyl (C=O) groups is 2. The van der Waals surface area contributed by atoms with Gasteiger partial charge in [0.05, 0.1) is 18.1 Å². The van der Waals surface area contributed by atoms with E-state index in [-0.39, 0.29) is 11.3 Å². The molecule has 7 heteroatoms. The largest absolute Gasteiger partial charge is 0.444 e. The van der Waals surface area contributed by atoms with Crippen LogP contribution >= 0.6 is 0 Å². The Morgan fingerprint density at radius 3 is 2.14 bits per heavy atom. The number of nitrogens with zero attached hydrogens (tertiary/aromatic N) is 3. The number of piperidine rings is 1. The zero-order valence-corrected chi connectivity index (χ0v) is 16.2. The summed E-state index contributed by atoms with van der Waals surface area (Å²) in [6.45, 7) is 5.97. The van der Waals surface area contributed by atoms with Crippen molar-refractivity contribution in [1.82, 2.24) is 4.90 Å². The van der Waals surface area contributed by atoms with Crippen LogP contribution in [-0.2, 0) is 4.74 Å².